The summed E-state index contributed by atoms with van der Waals surface area (Å²) in [6.07, 6.45) is 1.91. The van der Waals surface area contributed by atoms with Crippen LogP contribution in [0.2, 0.25) is 0 Å². The van der Waals surface area contributed by atoms with Crippen LogP contribution in [0.3, 0.4) is 0 Å². The van der Waals surface area contributed by atoms with Gasteiger partial charge in [-0.2, -0.15) is 0 Å². The molecule has 1 aromatic carbocycles. The molecule has 0 fully saturated rings. The normalized spacial score (nSPS) is 10.6. The average molecular weight is 191 g/mol. The van der Waals surface area contributed by atoms with E-state index in [1.54, 1.807) is 12.1 Å². The second-order valence-electron chi connectivity index (χ2n) is 3.17. The molecule has 4 heteroatoms. The maximum atomic E-state index is 9.40. The smallest absolute Gasteiger partial charge is 0.139 e. The molecular weight excluding hydrogens is 178 g/mol. The van der Waals surface area contributed by atoms with Crippen LogP contribution in [0, 0.1) is 0 Å². The number of aromatic nitrogens is 1. The van der Waals surface area contributed by atoms with E-state index < -0.39 is 0 Å². The third-order valence-corrected chi connectivity index (χ3v) is 2.17. The topological polar surface area (TPSA) is 63.2 Å². The summed E-state index contributed by atoms with van der Waals surface area (Å²) in [7, 11) is 0. The number of benzene rings is 1. The molecule has 2 rings (SSSR count). The van der Waals surface area contributed by atoms with Crippen LogP contribution in [-0.4, -0.2) is 16.3 Å². The predicted molar refractivity (Wildman–Crippen MR) is 57.9 cm³/mol. The number of nitrogens with zero attached hydrogens (tertiary/aromatic N) is 1. The molecule has 0 amide bonds. The maximum Gasteiger partial charge on any atom is 0.139 e. The Hall–Kier alpha value is -1.84. The van der Waals surface area contributed by atoms with Gasteiger partial charge in [-0.15, -0.1) is 0 Å². The highest BCUT2D eigenvalue weighted by Gasteiger charge is 2.04. The molecule has 0 saturated carbocycles. The van der Waals surface area contributed by atoms with Crippen molar-refractivity contribution in [2.45, 2.75) is 6.92 Å². The van der Waals surface area contributed by atoms with E-state index in [0.29, 0.717) is 5.69 Å². The molecule has 1 heterocycles. The van der Waals surface area contributed by atoms with Crippen LogP contribution in [0.1, 0.15) is 6.92 Å². The van der Waals surface area contributed by atoms with Crippen LogP contribution in [-0.2, 0) is 0 Å². The third-order valence-electron chi connectivity index (χ3n) is 2.17. The van der Waals surface area contributed by atoms with E-state index >= 15 is 0 Å². The zero-order valence-electron chi connectivity index (χ0n) is 7.99. The lowest BCUT2D eigenvalue weighted by Crippen LogP contribution is -2.11. The lowest BCUT2D eigenvalue weighted by molar-refractivity contribution is 0.479. The van der Waals surface area contributed by atoms with E-state index in [1.165, 1.54) is 0 Å². The lowest BCUT2D eigenvalue weighted by atomic mass is 10.2. The van der Waals surface area contributed by atoms with Crippen molar-refractivity contribution < 1.29 is 5.11 Å². The Kier molecular flexibility index (Phi) is 1.96. The number of aromatic hydroxyl groups is 1. The number of hydrogen-bond donors (Lipinski definition) is 3. The number of hydrogen-bond acceptors (Lipinski definition) is 3. The lowest BCUT2D eigenvalue weighted by Gasteiger charge is -2.07. The van der Waals surface area contributed by atoms with Crippen LogP contribution in [0.5, 0.6) is 5.75 Å². The number of nitrogens with one attached hydrogen (secondary N) is 1. The summed E-state index contributed by atoms with van der Waals surface area (Å²) in [5.74, 6) is 0.131. The highest BCUT2D eigenvalue weighted by Crippen LogP contribution is 2.26. The molecule has 1 aromatic heterocycles. The summed E-state index contributed by atoms with van der Waals surface area (Å²) < 4.78 is 1.89. The molecule has 0 aliphatic rings. The van der Waals surface area contributed by atoms with Gasteiger partial charge in [-0.1, -0.05) is 0 Å². The molecular formula is C10H13N3O. The summed E-state index contributed by atoms with van der Waals surface area (Å²) in [6.45, 7) is 2.86. The van der Waals surface area contributed by atoms with Crippen molar-refractivity contribution in [1.29, 1.82) is 0 Å². The molecule has 0 aliphatic heterocycles. The van der Waals surface area contributed by atoms with Crippen LogP contribution in [0.15, 0.2) is 24.4 Å². The van der Waals surface area contributed by atoms with E-state index in [2.05, 4.69) is 5.43 Å². The summed E-state index contributed by atoms with van der Waals surface area (Å²) in [5, 5.41) is 10.4. The minimum atomic E-state index is 0.131. The predicted octanol–water partition coefficient (Wildman–Crippen LogP) is 1.49. The molecule has 4 nitrogen and oxygen atoms in total. The maximum absolute atomic E-state index is 9.40. The zero-order valence-corrected chi connectivity index (χ0v) is 7.99. The van der Waals surface area contributed by atoms with Crippen molar-refractivity contribution in [2.75, 3.05) is 17.7 Å². The fourth-order valence-electron chi connectivity index (χ4n) is 1.49. The number of phenols is 1. The number of rotatable bonds is 2. The van der Waals surface area contributed by atoms with Crippen LogP contribution in [0.4, 0.5) is 5.69 Å². The first-order valence-electron chi connectivity index (χ1n) is 4.56. The molecule has 0 unspecified atom stereocenters. The number of nitrogens with two attached hydrogens (primary N) is 1. The van der Waals surface area contributed by atoms with Gasteiger partial charge in [-0.05, 0) is 25.1 Å². The van der Waals surface area contributed by atoms with Gasteiger partial charge in [0.1, 0.15) is 5.75 Å². The molecule has 0 radical (unpaired) electrons. The molecule has 74 valence electrons. The van der Waals surface area contributed by atoms with Crippen LogP contribution >= 0.6 is 0 Å². The Labute approximate surface area is 81.9 Å². The Balaban J connectivity index is 2.61. The highest BCUT2D eigenvalue weighted by molar-refractivity contribution is 5.86. The molecule has 14 heavy (non-hydrogen) atoms. The van der Waals surface area contributed by atoms with Gasteiger partial charge in [0.15, 0.2) is 0 Å². The largest absolute Gasteiger partial charge is 0.506 e. The minimum Gasteiger partial charge on any atom is -0.506 e. The molecule has 0 spiro atoms. The van der Waals surface area contributed by atoms with Crippen LogP contribution in [0.25, 0.3) is 10.9 Å². The van der Waals surface area contributed by atoms with Gasteiger partial charge in [-0.3, -0.25) is 4.68 Å². The molecule has 0 atom stereocenters. The van der Waals surface area contributed by atoms with Gasteiger partial charge in [0.05, 0.1) is 11.2 Å². The van der Waals surface area contributed by atoms with Gasteiger partial charge < -0.3 is 16.3 Å². The molecule has 0 bridgehead atoms. The Morgan fingerprint density at radius 1 is 1.50 bits per heavy atom. The van der Waals surface area contributed by atoms with E-state index in [0.717, 1.165) is 17.4 Å². The van der Waals surface area contributed by atoms with Gasteiger partial charge in [0.2, 0.25) is 0 Å². The number of phenolic OH excluding ortho intramolecular Hbond substituents is 1. The molecule has 0 saturated heterocycles. The summed E-state index contributed by atoms with van der Waals surface area (Å²) >= 11 is 0. The Morgan fingerprint density at radius 3 is 3.00 bits per heavy atom. The van der Waals surface area contributed by atoms with E-state index in [9.17, 15) is 5.11 Å². The SMILES string of the molecule is CCNn1ccc2cc(O)c(N)cc21. The average Bonchev–Trinajstić information content (AvgIpc) is 2.51. The Bertz CT molecular complexity index is 462. The third kappa shape index (κ3) is 1.25. The van der Waals surface area contributed by atoms with Crippen molar-refractivity contribution in [3.63, 3.8) is 0 Å². The van der Waals surface area contributed by atoms with Crippen LogP contribution < -0.4 is 11.2 Å². The molecule has 4 N–H and O–H groups in total. The summed E-state index contributed by atoms with van der Waals surface area (Å²) in [6, 6.07) is 5.35. The minimum absolute atomic E-state index is 0.131. The van der Waals surface area contributed by atoms with Crippen molar-refractivity contribution >= 4 is 16.6 Å². The van der Waals surface area contributed by atoms with Gasteiger partial charge in [-0.25, -0.2) is 0 Å². The second-order valence-corrected chi connectivity index (χ2v) is 3.17. The van der Waals surface area contributed by atoms with Crippen molar-refractivity contribution in [3.8, 4) is 5.75 Å². The number of fused-ring (bicyclic) bond motifs is 1. The zero-order chi connectivity index (χ0) is 10.1. The second kappa shape index (κ2) is 3.14. The first-order valence-corrected chi connectivity index (χ1v) is 4.56. The fourth-order valence-corrected chi connectivity index (χ4v) is 1.49. The van der Waals surface area contributed by atoms with Crippen molar-refractivity contribution in [1.82, 2.24) is 4.68 Å². The number of nitrogen functional groups attached to an aromatic ring is 1. The van der Waals surface area contributed by atoms with Gasteiger partial charge in [0, 0.05) is 18.1 Å². The van der Waals surface area contributed by atoms with Crippen molar-refractivity contribution in [2.24, 2.45) is 0 Å². The first kappa shape index (κ1) is 8.74. The fraction of sp³-hybridized carbons (Fsp3) is 0.200. The number of anilines is 1. The highest BCUT2D eigenvalue weighted by atomic mass is 16.3. The van der Waals surface area contributed by atoms with E-state index in [4.69, 9.17) is 5.73 Å². The summed E-state index contributed by atoms with van der Waals surface area (Å²) in [5.41, 5.74) is 10.1. The molecule has 0 aliphatic carbocycles. The van der Waals surface area contributed by atoms with Gasteiger partial charge >= 0.3 is 0 Å². The Morgan fingerprint density at radius 2 is 2.29 bits per heavy atom. The van der Waals surface area contributed by atoms with E-state index in [-0.39, 0.29) is 5.75 Å². The van der Waals surface area contributed by atoms with Crippen molar-refractivity contribution in [3.05, 3.63) is 24.4 Å². The first-order chi connectivity index (χ1) is 6.72. The monoisotopic (exact) mass is 191 g/mol. The van der Waals surface area contributed by atoms with E-state index in [1.807, 2.05) is 23.9 Å². The summed E-state index contributed by atoms with van der Waals surface area (Å²) in [4.78, 5) is 0. The molecule has 2 aromatic rings. The van der Waals surface area contributed by atoms with Gasteiger partial charge in [0.25, 0.3) is 0 Å². The standard InChI is InChI=1S/C10H13N3O/c1-2-12-13-4-3-7-5-10(14)8(11)6-9(7)13/h3-6,12,14H,2,11H2,1H3. The quantitative estimate of drug-likeness (QED) is 0.498.